The van der Waals surface area contributed by atoms with E-state index in [0.717, 1.165) is 39.2 Å². The zero-order valence-electron chi connectivity index (χ0n) is 21.3. The molecular formula is C30H24N8O. The molecule has 1 fully saturated rings. The van der Waals surface area contributed by atoms with Gasteiger partial charge < -0.3 is 9.80 Å². The maximum Gasteiger partial charge on any atom is 0.298 e. The van der Waals surface area contributed by atoms with Gasteiger partial charge in [-0.15, -0.1) is 0 Å². The highest BCUT2D eigenvalue weighted by Crippen LogP contribution is 2.32. The maximum absolute atomic E-state index is 12.6. The molecule has 1 amide bonds. The largest absolute Gasteiger partial charge is 0.353 e. The second-order valence-corrected chi connectivity index (χ2v) is 9.31. The monoisotopic (exact) mass is 512 g/mol. The average Bonchev–Trinajstić information content (AvgIpc) is 3.62. The Kier molecular flexibility index (Phi) is 6.24. The minimum Gasteiger partial charge on any atom is -0.353 e. The van der Waals surface area contributed by atoms with Crippen LogP contribution in [0, 0.1) is 23.2 Å². The second kappa shape index (κ2) is 10.2. The molecule has 6 rings (SSSR count). The molecule has 5 heterocycles. The number of piperazine rings is 1. The Labute approximate surface area is 225 Å². The zero-order chi connectivity index (χ0) is 26.8. The number of hydrogen-bond donors (Lipinski definition) is 0. The number of amides is 1. The van der Waals surface area contributed by atoms with Crippen molar-refractivity contribution in [3.05, 3.63) is 90.6 Å². The van der Waals surface area contributed by atoms with Crippen LogP contribution < -0.4 is 4.90 Å². The van der Waals surface area contributed by atoms with Crippen LogP contribution in [0.3, 0.4) is 0 Å². The Morgan fingerprint density at radius 2 is 1.72 bits per heavy atom. The number of carbonyl (C=O) groups excluding carboxylic acids is 1. The Morgan fingerprint density at radius 1 is 0.897 bits per heavy atom. The Bertz CT molecular complexity index is 1760. The minimum atomic E-state index is -0.159. The lowest BCUT2D eigenvalue weighted by Crippen LogP contribution is -2.48. The summed E-state index contributed by atoms with van der Waals surface area (Å²) >= 11 is 0. The predicted octanol–water partition coefficient (Wildman–Crippen LogP) is 3.37. The van der Waals surface area contributed by atoms with Gasteiger partial charge in [0.25, 0.3) is 5.91 Å². The summed E-state index contributed by atoms with van der Waals surface area (Å²) in [5.74, 6) is 6.38. The molecule has 0 radical (unpaired) electrons. The van der Waals surface area contributed by atoms with E-state index in [4.69, 9.17) is 4.98 Å². The van der Waals surface area contributed by atoms with Crippen LogP contribution in [0.2, 0.25) is 0 Å². The molecule has 1 aromatic carbocycles. The molecule has 5 aromatic rings. The van der Waals surface area contributed by atoms with Gasteiger partial charge in [0.1, 0.15) is 11.9 Å². The number of aromatic nitrogens is 5. The van der Waals surface area contributed by atoms with Crippen molar-refractivity contribution in [3.8, 4) is 40.2 Å². The van der Waals surface area contributed by atoms with Gasteiger partial charge in [-0.1, -0.05) is 24.1 Å². The normalized spacial score (nSPS) is 13.1. The van der Waals surface area contributed by atoms with Crippen molar-refractivity contribution < 1.29 is 4.79 Å². The number of nitriles is 1. The van der Waals surface area contributed by atoms with Crippen molar-refractivity contribution in [1.29, 1.82) is 5.26 Å². The number of fused-ring (bicyclic) bond motifs is 1. The summed E-state index contributed by atoms with van der Waals surface area (Å²) in [6.07, 6.45) is 9.06. The molecule has 190 valence electrons. The minimum absolute atomic E-state index is 0.159. The molecule has 9 nitrogen and oxygen atoms in total. The third kappa shape index (κ3) is 4.81. The Morgan fingerprint density at radius 3 is 2.41 bits per heavy atom. The van der Waals surface area contributed by atoms with Crippen LogP contribution >= 0.6 is 0 Å². The van der Waals surface area contributed by atoms with E-state index in [-0.39, 0.29) is 5.91 Å². The standard InChI is InChI=1S/C30H24N8O/c1-35-20-26(19-33-35)24-15-27(30-25(16-31)18-34-38(30)21-24)23-8-9-28(32-17-23)36-11-13-37(14-12-36)29(39)10-7-22-5-3-2-4-6-22/h2-6,8-9,15,17-21H,11-14H2,1H3. The van der Waals surface area contributed by atoms with E-state index in [1.165, 1.54) is 0 Å². The SMILES string of the molecule is Cn1cc(-c2cc(-c3ccc(N4CCN(C(=O)C#Cc5ccccc5)CC4)nc3)c3c(C#N)cnn3c2)cn1. The first-order valence-corrected chi connectivity index (χ1v) is 12.6. The summed E-state index contributed by atoms with van der Waals surface area (Å²) in [7, 11) is 1.88. The number of pyridine rings is 2. The van der Waals surface area contributed by atoms with Crippen LogP contribution in [0.1, 0.15) is 11.1 Å². The number of aryl methyl sites for hydroxylation is 1. The first-order valence-electron chi connectivity index (χ1n) is 12.6. The van der Waals surface area contributed by atoms with E-state index in [1.54, 1.807) is 26.5 Å². The highest BCUT2D eigenvalue weighted by Gasteiger charge is 2.21. The smallest absolute Gasteiger partial charge is 0.298 e. The second-order valence-electron chi connectivity index (χ2n) is 9.31. The van der Waals surface area contributed by atoms with Gasteiger partial charge in [-0.3, -0.25) is 9.48 Å². The number of anilines is 1. The van der Waals surface area contributed by atoms with Gasteiger partial charge in [-0.25, -0.2) is 9.50 Å². The molecule has 1 aliphatic rings. The molecule has 0 spiro atoms. The summed E-state index contributed by atoms with van der Waals surface area (Å²) in [5.41, 5.74) is 5.73. The molecule has 4 aromatic heterocycles. The first-order chi connectivity index (χ1) is 19.1. The van der Waals surface area contributed by atoms with Gasteiger partial charge in [0.2, 0.25) is 0 Å². The first kappa shape index (κ1) is 24.0. The zero-order valence-corrected chi connectivity index (χ0v) is 21.3. The quantitative estimate of drug-likeness (QED) is 0.344. The van der Waals surface area contributed by atoms with Crippen molar-refractivity contribution in [2.75, 3.05) is 31.1 Å². The molecule has 0 aliphatic carbocycles. The van der Waals surface area contributed by atoms with Gasteiger partial charge in [-0.05, 0) is 30.3 Å². The summed E-state index contributed by atoms with van der Waals surface area (Å²) < 4.78 is 3.49. The lowest BCUT2D eigenvalue weighted by atomic mass is 10.0. The fourth-order valence-corrected chi connectivity index (χ4v) is 4.75. The van der Waals surface area contributed by atoms with Gasteiger partial charge in [-0.2, -0.15) is 15.5 Å². The fourth-order valence-electron chi connectivity index (χ4n) is 4.75. The lowest BCUT2D eigenvalue weighted by Gasteiger charge is -2.34. The summed E-state index contributed by atoms with van der Waals surface area (Å²) in [6, 6.07) is 17.8. The average molecular weight is 513 g/mol. The third-order valence-corrected chi connectivity index (χ3v) is 6.81. The molecule has 1 aliphatic heterocycles. The molecule has 0 bridgehead atoms. The van der Waals surface area contributed by atoms with Crippen LogP contribution in [0.4, 0.5) is 5.82 Å². The Hall–Kier alpha value is -5.41. The van der Waals surface area contributed by atoms with E-state index in [2.05, 4.69) is 33.0 Å². The molecule has 9 heteroatoms. The van der Waals surface area contributed by atoms with E-state index in [0.29, 0.717) is 31.7 Å². The van der Waals surface area contributed by atoms with Crippen LogP contribution in [0.5, 0.6) is 0 Å². The maximum atomic E-state index is 12.6. The van der Waals surface area contributed by atoms with Crippen molar-refractivity contribution in [1.82, 2.24) is 29.3 Å². The summed E-state index contributed by atoms with van der Waals surface area (Å²) in [6.45, 7) is 2.52. The highest BCUT2D eigenvalue weighted by molar-refractivity contribution is 5.94. The third-order valence-electron chi connectivity index (χ3n) is 6.81. The lowest BCUT2D eigenvalue weighted by molar-refractivity contribution is -0.125. The van der Waals surface area contributed by atoms with E-state index < -0.39 is 0 Å². The molecule has 0 saturated carbocycles. The van der Waals surface area contributed by atoms with Gasteiger partial charge >= 0.3 is 0 Å². The van der Waals surface area contributed by atoms with E-state index in [1.807, 2.05) is 74.2 Å². The highest BCUT2D eigenvalue weighted by atomic mass is 16.2. The number of rotatable bonds is 3. The fraction of sp³-hybridized carbons (Fsp3) is 0.167. The Balaban J connectivity index is 1.21. The molecule has 1 saturated heterocycles. The number of benzene rings is 1. The van der Waals surface area contributed by atoms with Gasteiger partial charge in [0.15, 0.2) is 0 Å². The molecule has 0 unspecified atom stereocenters. The van der Waals surface area contributed by atoms with Crippen molar-refractivity contribution in [3.63, 3.8) is 0 Å². The van der Waals surface area contributed by atoms with Crippen molar-refractivity contribution in [2.24, 2.45) is 7.05 Å². The number of nitrogens with zero attached hydrogens (tertiary/aromatic N) is 8. The topological polar surface area (TPSA) is 95.3 Å². The van der Waals surface area contributed by atoms with Gasteiger partial charge in [0.05, 0.1) is 23.5 Å². The molecule has 0 N–H and O–H groups in total. The number of carbonyl (C=O) groups is 1. The molecule has 0 atom stereocenters. The van der Waals surface area contributed by atoms with Crippen LogP contribution in [0.15, 0.2) is 79.5 Å². The van der Waals surface area contributed by atoms with E-state index >= 15 is 0 Å². The van der Waals surface area contributed by atoms with Crippen molar-refractivity contribution >= 4 is 17.2 Å². The van der Waals surface area contributed by atoms with Crippen molar-refractivity contribution in [2.45, 2.75) is 0 Å². The predicted molar refractivity (Wildman–Crippen MR) is 147 cm³/mol. The van der Waals surface area contributed by atoms with Crippen LogP contribution in [-0.4, -0.2) is 61.4 Å². The summed E-state index contributed by atoms with van der Waals surface area (Å²) in [4.78, 5) is 21.3. The summed E-state index contributed by atoms with van der Waals surface area (Å²) in [5, 5.41) is 18.4. The van der Waals surface area contributed by atoms with E-state index in [9.17, 15) is 10.1 Å². The molecule has 39 heavy (non-hydrogen) atoms. The van der Waals surface area contributed by atoms with Gasteiger partial charge in [0, 0.05) is 85.6 Å². The number of hydrogen-bond acceptors (Lipinski definition) is 6. The van der Waals surface area contributed by atoms with Crippen LogP contribution in [-0.2, 0) is 11.8 Å². The molecular weight excluding hydrogens is 488 g/mol. The van der Waals surface area contributed by atoms with Crippen LogP contribution in [0.25, 0.3) is 27.8 Å².